The number of rotatable bonds is 8. The van der Waals surface area contributed by atoms with Gasteiger partial charge in [0.25, 0.3) is 0 Å². The zero-order chi connectivity index (χ0) is 28.3. The number of hydrogen-bond donors (Lipinski definition) is 2. The number of nitrogens with zero attached hydrogens (tertiary/aromatic N) is 2. The van der Waals surface area contributed by atoms with Crippen LogP contribution in [0.3, 0.4) is 0 Å². The van der Waals surface area contributed by atoms with Crippen LogP contribution >= 0.6 is 39.3 Å². The van der Waals surface area contributed by atoms with E-state index in [1.807, 2.05) is 6.92 Å². The lowest BCUT2D eigenvalue weighted by molar-refractivity contribution is -0.274. The molecule has 2 aromatic carbocycles. The number of carboxylic acids is 1. The Balaban J connectivity index is 0.00000112. The Labute approximate surface area is 242 Å². The van der Waals surface area contributed by atoms with Crippen LogP contribution in [0.15, 0.2) is 39.7 Å². The molecule has 0 unspecified atom stereocenters. The molecule has 2 aliphatic rings. The number of thioether (sulfide) groups is 1. The summed E-state index contributed by atoms with van der Waals surface area (Å²) in [5, 5.41) is 21.8. The standard InChI is InChI=1S/C25H24BrF3N2O4S.C2H5Cl/c26-18-11-19-21(17(23(18)32)12-30-9-1-2-10-30)22(24(33)34)20(31(19)14-3-4-14)13-36-16-7-5-15(6-8-16)35-25(27,28)29;1-2-3/h5-8,11,14,32H,1-4,9-10,12-13H2,(H,33,34);2H2,1H3. The molecule has 2 heterocycles. The number of aromatic nitrogens is 1. The third-order valence-corrected chi connectivity index (χ3v) is 8.19. The fourth-order valence-corrected chi connectivity index (χ4v) is 6.26. The highest BCUT2D eigenvalue weighted by Gasteiger charge is 2.34. The molecular weight excluding hydrogens is 621 g/mol. The van der Waals surface area contributed by atoms with Crippen LogP contribution in [-0.2, 0) is 12.3 Å². The maximum atomic E-state index is 12.6. The predicted molar refractivity (Wildman–Crippen MR) is 150 cm³/mol. The molecule has 2 N–H and O–H groups in total. The summed E-state index contributed by atoms with van der Waals surface area (Å²) in [5.41, 5.74) is 2.20. The molecule has 0 amide bonds. The average molecular weight is 650 g/mol. The lowest BCUT2D eigenvalue weighted by Crippen LogP contribution is -2.19. The summed E-state index contributed by atoms with van der Waals surface area (Å²) in [4.78, 5) is 15.5. The molecule has 6 nitrogen and oxygen atoms in total. The highest BCUT2D eigenvalue weighted by atomic mass is 79.9. The van der Waals surface area contributed by atoms with Crippen LogP contribution in [0, 0.1) is 0 Å². The Morgan fingerprint density at radius 3 is 2.36 bits per heavy atom. The molecule has 3 aromatic rings. The Morgan fingerprint density at radius 2 is 1.82 bits per heavy atom. The summed E-state index contributed by atoms with van der Waals surface area (Å²) in [6.45, 7) is 4.15. The average Bonchev–Trinajstić information content (AvgIpc) is 3.45. The number of benzene rings is 2. The van der Waals surface area contributed by atoms with Crippen LogP contribution in [0.25, 0.3) is 10.9 Å². The monoisotopic (exact) mass is 648 g/mol. The van der Waals surface area contributed by atoms with E-state index < -0.39 is 12.3 Å². The molecule has 1 aliphatic heterocycles. The van der Waals surface area contributed by atoms with E-state index in [1.165, 1.54) is 36.0 Å². The molecule has 0 bridgehead atoms. The Bertz CT molecular complexity index is 1320. The summed E-state index contributed by atoms with van der Waals surface area (Å²) in [6, 6.07) is 7.51. The van der Waals surface area contributed by atoms with Crippen molar-refractivity contribution in [3.8, 4) is 11.5 Å². The van der Waals surface area contributed by atoms with Gasteiger partial charge in [0.15, 0.2) is 0 Å². The zero-order valence-electron chi connectivity index (χ0n) is 21.2. The molecular formula is C27H29BrClF3N2O4S. The van der Waals surface area contributed by atoms with E-state index >= 15 is 0 Å². The first-order chi connectivity index (χ1) is 18.5. The number of aromatic hydroxyl groups is 1. The molecule has 0 atom stereocenters. The molecule has 0 spiro atoms. The summed E-state index contributed by atoms with van der Waals surface area (Å²) in [7, 11) is 0. The third kappa shape index (κ3) is 7.17. The van der Waals surface area contributed by atoms with E-state index in [0.29, 0.717) is 38.3 Å². The number of ether oxygens (including phenoxy) is 1. The van der Waals surface area contributed by atoms with Gasteiger partial charge in [0.2, 0.25) is 0 Å². The number of phenolic OH excluding ortho intramolecular Hbond substituents is 1. The minimum absolute atomic E-state index is 0.0595. The highest BCUT2D eigenvalue weighted by molar-refractivity contribution is 9.10. The molecule has 1 saturated carbocycles. The van der Waals surface area contributed by atoms with Crippen LogP contribution in [-0.4, -0.2) is 51.0 Å². The molecule has 39 heavy (non-hydrogen) atoms. The number of carbonyl (C=O) groups is 1. The third-order valence-electron chi connectivity index (χ3n) is 6.56. The fraction of sp³-hybridized carbons (Fsp3) is 0.444. The van der Waals surface area contributed by atoms with E-state index in [4.69, 9.17) is 11.6 Å². The second-order valence-electron chi connectivity index (χ2n) is 9.37. The number of phenols is 1. The van der Waals surface area contributed by atoms with E-state index in [-0.39, 0.29) is 23.1 Å². The summed E-state index contributed by atoms with van der Waals surface area (Å²) in [6.07, 6.45) is -0.750. The molecule has 1 aliphatic carbocycles. The van der Waals surface area contributed by atoms with Crippen molar-refractivity contribution >= 4 is 56.2 Å². The Hall–Kier alpha value is -2.08. The predicted octanol–water partition coefficient (Wildman–Crippen LogP) is 8.17. The van der Waals surface area contributed by atoms with E-state index in [0.717, 1.165) is 50.2 Å². The number of likely N-dealkylation sites (tertiary alicyclic amines) is 1. The number of carboxylic acid groups (broad SMARTS) is 1. The minimum Gasteiger partial charge on any atom is -0.506 e. The van der Waals surface area contributed by atoms with Crippen LogP contribution in [0.5, 0.6) is 11.5 Å². The van der Waals surface area contributed by atoms with Gasteiger partial charge in [-0.25, -0.2) is 4.79 Å². The first-order valence-corrected chi connectivity index (χ1v) is 14.9. The van der Waals surface area contributed by atoms with Gasteiger partial charge in [-0.15, -0.1) is 36.5 Å². The van der Waals surface area contributed by atoms with Crippen molar-refractivity contribution in [3.63, 3.8) is 0 Å². The fourth-order valence-electron chi connectivity index (χ4n) is 4.89. The van der Waals surface area contributed by atoms with Gasteiger partial charge in [-0.3, -0.25) is 4.90 Å². The highest BCUT2D eigenvalue weighted by Crippen LogP contribution is 2.47. The topological polar surface area (TPSA) is 74.9 Å². The summed E-state index contributed by atoms with van der Waals surface area (Å²) in [5.74, 6) is -0.275. The molecule has 0 radical (unpaired) electrons. The van der Waals surface area contributed by atoms with E-state index in [9.17, 15) is 28.2 Å². The van der Waals surface area contributed by atoms with Crippen LogP contribution < -0.4 is 4.74 Å². The van der Waals surface area contributed by atoms with Crippen LogP contribution in [0.1, 0.15) is 60.3 Å². The summed E-state index contributed by atoms with van der Waals surface area (Å²) < 4.78 is 43.9. The Kier molecular flexibility index (Phi) is 9.67. The lowest BCUT2D eigenvalue weighted by Gasteiger charge is -2.18. The first-order valence-electron chi connectivity index (χ1n) is 12.6. The molecule has 2 fully saturated rings. The molecule has 5 rings (SSSR count). The smallest absolute Gasteiger partial charge is 0.506 e. The van der Waals surface area contributed by atoms with Gasteiger partial charge < -0.3 is 19.5 Å². The first kappa shape index (κ1) is 29.9. The van der Waals surface area contributed by atoms with E-state index in [2.05, 4.69) is 30.1 Å². The number of fused-ring (bicyclic) bond motifs is 1. The zero-order valence-corrected chi connectivity index (χ0v) is 24.4. The van der Waals surface area contributed by atoms with Crippen molar-refractivity contribution in [2.24, 2.45) is 0 Å². The molecule has 212 valence electrons. The van der Waals surface area contributed by atoms with Crippen molar-refractivity contribution in [3.05, 3.63) is 51.6 Å². The number of aromatic carboxylic acids is 1. The second kappa shape index (κ2) is 12.6. The van der Waals surface area contributed by atoms with Gasteiger partial charge in [0, 0.05) is 45.8 Å². The number of alkyl halides is 4. The van der Waals surface area contributed by atoms with Gasteiger partial charge >= 0.3 is 12.3 Å². The van der Waals surface area contributed by atoms with Gasteiger partial charge in [0.05, 0.1) is 15.6 Å². The summed E-state index contributed by atoms with van der Waals surface area (Å²) >= 11 is 9.81. The van der Waals surface area contributed by atoms with Gasteiger partial charge in [0.1, 0.15) is 11.5 Å². The molecule has 1 saturated heterocycles. The largest absolute Gasteiger partial charge is 0.573 e. The van der Waals surface area contributed by atoms with Crippen molar-refractivity contribution in [2.75, 3.05) is 19.0 Å². The van der Waals surface area contributed by atoms with Gasteiger partial charge in [-0.05, 0) is 85.0 Å². The number of halogens is 5. The lowest BCUT2D eigenvalue weighted by atomic mass is 10.0. The Morgan fingerprint density at radius 1 is 1.21 bits per heavy atom. The number of hydrogen-bond acceptors (Lipinski definition) is 5. The second-order valence-corrected chi connectivity index (χ2v) is 11.8. The quantitative estimate of drug-likeness (QED) is 0.189. The van der Waals surface area contributed by atoms with Crippen LogP contribution in [0.4, 0.5) is 13.2 Å². The van der Waals surface area contributed by atoms with Crippen molar-refractivity contribution < 1.29 is 32.9 Å². The minimum atomic E-state index is -4.76. The molecule has 1 aromatic heterocycles. The maximum Gasteiger partial charge on any atom is 0.573 e. The normalized spacial score (nSPS) is 15.8. The van der Waals surface area contributed by atoms with Crippen molar-refractivity contribution in [2.45, 2.75) is 62.2 Å². The molecule has 12 heteroatoms. The van der Waals surface area contributed by atoms with Gasteiger partial charge in [-0.2, -0.15) is 0 Å². The van der Waals surface area contributed by atoms with Crippen molar-refractivity contribution in [1.29, 1.82) is 0 Å². The van der Waals surface area contributed by atoms with Crippen molar-refractivity contribution in [1.82, 2.24) is 9.47 Å². The SMILES string of the molecule is CCCl.O=C(O)c1c(CSc2ccc(OC(F)(F)F)cc2)n(C2CC2)c2cc(Br)c(O)c(CN3CCCC3)c12. The maximum absolute atomic E-state index is 12.6. The van der Waals surface area contributed by atoms with Crippen LogP contribution in [0.2, 0.25) is 0 Å². The van der Waals surface area contributed by atoms with Gasteiger partial charge in [-0.1, -0.05) is 6.92 Å². The van der Waals surface area contributed by atoms with E-state index in [1.54, 1.807) is 6.07 Å².